The molecule has 0 spiro atoms. The number of nitro groups is 1. The minimum Gasteiger partial charge on any atom is -0.485 e. The normalized spacial score (nSPS) is 14.6. The van der Waals surface area contributed by atoms with E-state index in [-0.39, 0.29) is 16.5 Å². The van der Waals surface area contributed by atoms with Crippen molar-refractivity contribution < 1.29 is 33.5 Å². The molecule has 28 heavy (non-hydrogen) atoms. The summed E-state index contributed by atoms with van der Waals surface area (Å²) in [6.07, 6.45) is -0.968. The van der Waals surface area contributed by atoms with E-state index in [0.29, 0.717) is 22.8 Å². The minimum atomic E-state index is -0.968. The average Bonchev–Trinajstić information content (AvgIpc) is 3.20. The topological polar surface area (TPSA) is 146 Å². The Morgan fingerprint density at radius 1 is 1.18 bits per heavy atom. The first-order valence-corrected chi connectivity index (χ1v) is 8.64. The molecule has 0 fully saturated rings. The molecule has 1 aromatic carbocycles. The zero-order chi connectivity index (χ0) is 20.1. The highest BCUT2D eigenvalue weighted by atomic mass is 32.1. The molecular formula is C16H13N3O8S. The molecule has 12 heteroatoms. The molecule has 0 bridgehead atoms. The van der Waals surface area contributed by atoms with Crippen molar-refractivity contribution in [3.05, 3.63) is 51.4 Å². The number of rotatable bonds is 5. The van der Waals surface area contributed by atoms with E-state index in [4.69, 9.17) is 14.2 Å². The van der Waals surface area contributed by atoms with Gasteiger partial charge in [-0.25, -0.2) is 4.79 Å². The van der Waals surface area contributed by atoms with Gasteiger partial charge in [0.05, 0.1) is 4.92 Å². The number of carbonyl (C=O) groups is 3. The lowest BCUT2D eigenvalue weighted by molar-refractivity contribution is -0.380. The van der Waals surface area contributed by atoms with Crippen molar-refractivity contribution in [2.45, 2.75) is 6.10 Å². The summed E-state index contributed by atoms with van der Waals surface area (Å²) in [5.74, 6) is -1.43. The predicted molar refractivity (Wildman–Crippen MR) is 93.9 cm³/mol. The van der Waals surface area contributed by atoms with Crippen LogP contribution in [0.1, 0.15) is 9.67 Å². The van der Waals surface area contributed by atoms with Crippen LogP contribution in [0.3, 0.4) is 0 Å². The third-order valence-corrected chi connectivity index (χ3v) is 4.45. The summed E-state index contributed by atoms with van der Waals surface area (Å²) in [4.78, 5) is 45.4. The van der Waals surface area contributed by atoms with Crippen LogP contribution in [-0.2, 0) is 14.3 Å². The molecule has 11 nitrogen and oxygen atoms in total. The standard InChI is InChI=1S/C16H13N3O8S/c20-13(8-26-16(22)12-5-6-14(28-12)19(23)24)17-18-15(21)11-7-25-9-3-1-2-4-10(9)27-11/h1-6,11H,7-8H2,(H,17,20)(H,18,21). The highest BCUT2D eigenvalue weighted by molar-refractivity contribution is 7.17. The minimum absolute atomic E-state index is 0.0186. The number of benzene rings is 1. The van der Waals surface area contributed by atoms with Gasteiger partial charge in [0.25, 0.3) is 11.8 Å². The molecule has 2 N–H and O–H groups in total. The number of hydrogen-bond donors (Lipinski definition) is 2. The Kier molecular flexibility index (Phi) is 5.69. The summed E-state index contributed by atoms with van der Waals surface area (Å²) in [6.45, 7) is -0.722. The first kappa shape index (κ1) is 19.1. The summed E-state index contributed by atoms with van der Waals surface area (Å²) in [5.41, 5.74) is 4.22. The highest BCUT2D eigenvalue weighted by Gasteiger charge is 2.27. The van der Waals surface area contributed by atoms with E-state index in [1.165, 1.54) is 6.07 Å². The predicted octanol–water partition coefficient (Wildman–Crippen LogP) is 0.800. The molecule has 0 saturated carbocycles. The van der Waals surface area contributed by atoms with Crippen LogP contribution in [0.5, 0.6) is 11.5 Å². The van der Waals surface area contributed by atoms with Gasteiger partial charge in [-0.2, -0.15) is 0 Å². The van der Waals surface area contributed by atoms with Gasteiger partial charge in [0.2, 0.25) is 6.10 Å². The quantitative estimate of drug-likeness (QED) is 0.420. The number of nitrogens with one attached hydrogen (secondary N) is 2. The molecule has 146 valence electrons. The number of fused-ring (bicyclic) bond motifs is 1. The van der Waals surface area contributed by atoms with Gasteiger partial charge >= 0.3 is 11.0 Å². The molecule has 0 saturated heterocycles. The smallest absolute Gasteiger partial charge is 0.349 e. The van der Waals surface area contributed by atoms with Crippen molar-refractivity contribution in [2.24, 2.45) is 0 Å². The fourth-order valence-electron chi connectivity index (χ4n) is 2.13. The zero-order valence-corrected chi connectivity index (χ0v) is 14.9. The van der Waals surface area contributed by atoms with Crippen LogP contribution in [0, 0.1) is 10.1 Å². The molecule has 1 atom stereocenters. The lowest BCUT2D eigenvalue weighted by atomic mass is 10.2. The third kappa shape index (κ3) is 4.54. The summed E-state index contributed by atoms with van der Waals surface area (Å²) in [6, 6.07) is 9.21. The number of nitrogens with zero attached hydrogens (tertiary/aromatic N) is 1. The maximum atomic E-state index is 12.0. The Balaban J connectivity index is 1.42. The average molecular weight is 407 g/mol. The van der Waals surface area contributed by atoms with Gasteiger partial charge in [-0.15, -0.1) is 0 Å². The van der Waals surface area contributed by atoms with Crippen molar-refractivity contribution in [1.29, 1.82) is 0 Å². The van der Waals surface area contributed by atoms with Crippen LogP contribution >= 0.6 is 11.3 Å². The number of para-hydroxylation sites is 2. The van der Waals surface area contributed by atoms with Crippen LogP contribution in [0.15, 0.2) is 36.4 Å². The van der Waals surface area contributed by atoms with Crippen molar-refractivity contribution in [2.75, 3.05) is 13.2 Å². The van der Waals surface area contributed by atoms with Gasteiger partial charge < -0.3 is 14.2 Å². The molecule has 2 aromatic rings. The van der Waals surface area contributed by atoms with Gasteiger partial charge in [0, 0.05) is 6.07 Å². The summed E-state index contributed by atoms with van der Waals surface area (Å²) >= 11 is 0.627. The summed E-state index contributed by atoms with van der Waals surface area (Å²) in [5, 5.41) is 10.4. The number of hydrazine groups is 1. The molecule has 3 rings (SSSR count). The molecule has 1 aliphatic heterocycles. The fourth-order valence-corrected chi connectivity index (χ4v) is 2.85. The van der Waals surface area contributed by atoms with Gasteiger partial charge in [0.1, 0.15) is 11.5 Å². The summed E-state index contributed by atoms with van der Waals surface area (Å²) < 4.78 is 15.6. The van der Waals surface area contributed by atoms with Crippen molar-refractivity contribution in [3.63, 3.8) is 0 Å². The monoisotopic (exact) mass is 407 g/mol. The van der Waals surface area contributed by atoms with Gasteiger partial charge in [0.15, 0.2) is 18.1 Å². The number of thiophene rings is 1. The first-order valence-electron chi connectivity index (χ1n) is 7.82. The van der Waals surface area contributed by atoms with Crippen LogP contribution < -0.4 is 20.3 Å². The molecule has 2 heterocycles. The zero-order valence-electron chi connectivity index (χ0n) is 14.1. The third-order valence-electron chi connectivity index (χ3n) is 3.43. The van der Waals surface area contributed by atoms with E-state index >= 15 is 0 Å². The maximum absolute atomic E-state index is 12.0. The van der Waals surface area contributed by atoms with E-state index in [9.17, 15) is 24.5 Å². The molecule has 0 aliphatic carbocycles. The van der Waals surface area contributed by atoms with E-state index in [1.54, 1.807) is 24.3 Å². The Hall–Kier alpha value is -3.67. The number of carbonyl (C=O) groups excluding carboxylic acids is 3. The number of hydrogen-bond acceptors (Lipinski definition) is 9. The van der Waals surface area contributed by atoms with Gasteiger partial charge in [-0.3, -0.25) is 30.6 Å². The van der Waals surface area contributed by atoms with E-state index < -0.39 is 35.4 Å². The second kappa shape index (κ2) is 8.35. The molecule has 1 aliphatic rings. The van der Waals surface area contributed by atoms with Crippen molar-refractivity contribution >= 4 is 34.1 Å². The summed E-state index contributed by atoms with van der Waals surface area (Å²) in [7, 11) is 0. The molecule has 2 amide bonds. The van der Waals surface area contributed by atoms with E-state index in [2.05, 4.69) is 10.9 Å². The second-order valence-corrected chi connectivity index (χ2v) is 6.44. The van der Waals surface area contributed by atoms with E-state index in [0.717, 1.165) is 6.07 Å². The van der Waals surface area contributed by atoms with Gasteiger partial charge in [-0.05, 0) is 18.2 Å². The highest BCUT2D eigenvalue weighted by Crippen LogP contribution is 2.30. The Bertz CT molecular complexity index is 928. The maximum Gasteiger partial charge on any atom is 0.349 e. The first-order chi connectivity index (χ1) is 13.4. The molecular weight excluding hydrogens is 394 g/mol. The number of esters is 1. The van der Waals surface area contributed by atoms with Crippen LogP contribution in [0.2, 0.25) is 0 Å². The fraction of sp³-hybridized carbons (Fsp3) is 0.188. The van der Waals surface area contributed by atoms with E-state index in [1.807, 2.05) is 0 Å². The molecule has 1 unspecified atom stereocenters. The van der Waals surface area contributed by atoms with Crippen LogP contribution in [-0.4, -0.2) is 42.0 Å². The second-order valence-electron chi connectivity index (χ2n) is 5.37. The lowest BCUT2D eigenvalue weighted by Crippen LogP contribution is -2.51. The Labute approximate surface area is 161 Å². The van der Waals surface area contributed by atoms with Crippen molar-refractivity contribution in [3.8, 4) is 11.5 Å². The Morgan fingerprint density at radius 3 is 2.64 bits per heavy atom. The lowest BCUT2D eigenvalue weighted by Gasteiger charge is -2.25. The van der Waals surface area contributed by atoms with Crippen LogP contribution in [0.25, 0.3) is 0 Å². The molecule has 1 aromatic heterocycles. The molecule has 0 radical (unpaired) electrons. The van der Waals surface area contributed by atoms with Crippen LogP contribution in [0.4, 0.5) is 5.00 Å². The number of ether oxygens (including phenoxy) is 3. The number of amides is 2. The van der Waals surface area contributed by atoms with Gasteiger partial charge in [-0.1, -0.05) is 23.5 Å². The largest absolute Gasteiger partial charge is 0.485 e. The Morgan fingerprint density at radius 2 is 1.93 bits per heavy atom. The van der Waals surface area contributed by atoms with Crippen molar-refractivity contribution in [1.82, 2.24) is 10.9 Å². The SMILES string of the molecule is O=C(COC(=O)c1ccc([N+](=O)[O-])s1)NNC(=O)C1COc2ccccc2O1.